The molecule has 102 valence electrons. The molecular weight excluding hydrogens is 312 g/mol. The molecule has 18 heavy (non-hydrogen) atoms. The van der Waals surface area contributed by atoms with Gasteiger partial charge in [-0.3, -0.25) is 4.90 Å². The fourth-order valence-electron chi connectivity index (χ4n) is 2.65. The maximum absolute atomic E-state index is 5.98. The lowest BCUT2D eigenvalue weighted by Crippen LogP contribution is -2.62. The fourth-order valence-corrected chi connectivity index (χ4v) is 3.85. The zero-order valence-electron chi connectivity index (χ0n) is 11.0. The molecule has 0 amide bonds. The van der Waals surface area contributed by atoms with Crippen molar-refractivity contribution in [2.45, 2.75) is 38.0 Å². The minimum atomic E-state index is 0.133. The largest absolute Gasteiger partial charge is 0.378 e. The molecular formula is C13H21BrN2OS. The first-order valence-electron chi connectivity index (χ1n) is 6.35. The highest BCUT2D eigenvalue weighted by Gasteiger charge is 2.46. The molecule has 0 radical (unpaired) electrons. The van der Waals surface area contributed by atoms with E-state index in [0.29, 0.717) is 12.6 Å². The van der Waals surface area contributed by atoms with Crippen molar-refractivity contribution in [3.8, 4) is 0 Å². The summed E-state index contributed by atoms with van der Waals surface area (Å²) in [6.45, 7) is 4.51. The van der Waals surface area contributed by atoms with Crippen molar-refractivity contribution in [3.63, 3.8) is 0 Å². The predicted molar refractivity (Wildman–Crippen MR) is 79.9 cm³/mol. The predicted octanol–water partition coefficient (Wildman–Crippen LogP) is 2.84. The summed E-state index contributed by atoms with van der Waals surface area (Å²) in [5, 5.41) is 2.20. The van der Waals surface area contributed by atoms with Gasteiger partial charge in [0.25, 0.3) is 0 Å². The van der Waals surface area contributed by atoms with Gasteiger partial charge in [-0.25, -0.2) is 0 Å². The molecule has 3 nitrogen and oxygen atoms in total. The highest BCUT2D eigenvalue weighted by atomic mass is 79.9. The summed E-state index contributed by atoms with van der Waals surface area (Å²) in [5.74, 6) is 0. The van der Waals surface area contributed by atoms with Crippen LogP contribution in [-0.4, -0.2) is 36.7 Å². The van der Waals surface area contributed by atoms with Gasteiger partial charge in [-0.05, 0) is 59.8 Å². The van der Waals surface area contributed by atoms with Crippen LogP contribution in [0.15, 0.2) is 15.2 Å². The van der Waals surface area contributed by atoms with Crippen LogP contribution in [0.4, 0.5) is 0 Å². The lowest BCUT2D eigenvalue weighted by molar-refractivity contribution is -0.0947. The van der Waals surface area contributed by atoms with Crippen LogP contribution in [0, 0.1) is 0 Å². The van der Waals surface area contributed by atoms with Gasteiger partial charge in [-0.15, -0.1) is 11.3 Å². The van der Waals surface area contributed by atoms with E-state index in [4.69, 9.17) is 10.5 Å². The standard InChI is InChI=1S/C13H21BrN2OS/c1-3-17-11-5-13(6-11,9-15)16(2)7-10-4-12(14)18-8-10/h4,8,11H,3,5-7,9,15H2,1-2H3. The normalized spacial score (nSPS) is 27.5. The molecule has 1 aromatic heterocycles. The molecule has 1 aliphatic carbocycles. The van der Waals surface area contributed by atoms with E-state index in [1.807, 2.05) is 0 Å². The number of halogens is 1. The molecule has 0 unspecified atom stereocenters. The second-order valence-corrected chi connectivity index (χ2v) is 7.32. The van der Waals surface area contributed by atoms with Crippen molar-refractivity contribution in [1.29, 1.82) is 0 Å². The smallest absolute Gasteiger partial charge is 0.0701 e. The monoisotopic (exact) mass is 332 g/mol. The van der Waals surface area contributed by atoms with Crippen molar-refractivity contribution in [2.24, 2.45) is 5.73 Å². The SMILES string of the molecule is CCOC1CC(CN)(N(C)Cc2csc(Br)c2)C1. The van der Waals surface area contributed by atoms with Crippen LogP contribution in [0.1, 0.15) is 25.3 Å². The van der Waals surface area contributed by atoms with E-state index < -0.39 is 0 Å². The second kappa shape index (κ2) is 6.01. The Labute approximate surface area is 121 Å². The Balaban J connectivity index is 1.93. The molecule has 5 heteroatoms. The molecule has 0 aromatic carbocycles. The molecule has 2 rings (SSSR count). The zero-order valence-corrected chi connectivity index (χ0v) is 13.4. The topological polar surface area (TPSA) is 38.5 Å². The van der Waals surface area contributed by atoms with Crippen molar-refractivity contribution >= 4 is 27.3 Å². The molecule has 2 N–H and O–H groups in total. The number of hydrogen-bond acceptors (Lipinski definition) is 4. The third-order valence-electron chi connectivity index (χ3n) is 3.85. The van der Waals surface area contributed by atoms with Crippen LogP contribution in [0.25, 0.3) is 0 Å². The Morgan fingerprint density at radius 3 is 2.83 bits per heavy atom. The Morgan fingerprint density at radius 2 is 2.33 bits per heavy atom. The Bertz CT molecular complexity index is 390. The van der Waals surface area contributed by atoms with Crippen molar-refractivity contribution in [1.82, 2.24) is 4.90 Å². The molecule has 0 atom stereocenters. The lowest BCUT2D eigenvalue weighted by atomic mass is 9.73. The molecule has 1 saturated carbocycles. The quantitative estimate of drug-likeness (QED) is 0.870. The van der Waals surface area contributed by atoms with Crippen molar-refractivity contribution in [3.05, 3.63) is 20.8 Å². The van der Waals surface area contributed by atoms with Crippen molar-refractivity contribution < 1.29 is 4.74 Å². The van der Waals surface area contributed by atoms with Crippen LogP contribution in [0.3, 0.4) is 0 Å². The average molecular weight is 333 g/mol. The van der Waals surface area contributed by atoms with Crippen LogP contribution < -0.4 is 5.73 Å². The molecule has 0 aliphatic heterocycles. The fraction of sp³-hybridized carbons (Fsp3) is 0.692. The van der Waals surface area contributed by atoms with Gasteiger partial charge in [0.1, 0.15) is 0 Å². The number of nitrogens with zero attached hydrogens (tertiary/aromatic N) is 1. The molecule has 1 aliphatic rings. The van der Waals surface area contributed by atoms with E-state index in [-0.39, 0.29) is 5.54 Å². The average Bonchev–Trinajstić information content (AvgIpc) is 2.68. The minimum Gasteiger partial charge on any atom is -0.378 e. The first-order valence-corrected chi connectivity index (χ1v) is 8.02. The molecule has 0 saturated heterocycles. The van der Waals surface area contributed by atoms with E-state index in [2.05, 4.69) is 46.2 Å². The highest BCUT2D eigenvalue weighted by Crippen LogP contribution is 2.39. The summed E-state index contributed by atoms with van der Waals surface area (Å²) < 4.78 is 6.84. The first kappa shape index (κ1) is 14.5. The van der Waals surface area contributed by atoms with Gasteiger partial charge in [-0.1, -0.05) is 0 Å². The third kappa shape index (κ3) is 2.96. The van der Waals surface area contributed by atoms with Gasteiger partial charge in [0.05, 0.1) is 9.89 Å². The summed E-state index contributed by atoms with van der Waals surface area (Å²) in [4.78, 5) is 2.39. The molecule has 1 heterocycles. The van der Waals surface area contributed by atoms with Crippen molar-refractivity contribution in [2.75, 3.05) is 20.2 Å². The summed E-state index contributed by atoms with van der Waals surface area (Å²) in [6.07, 6.45) is 2.51. The number of hydrogen-bond donors (Lipinski definition) is 1. The number of rotatable bonds is 6. The van der Waals surface area contributed by atoms with Crippen LogP contribution in [0.2, 0.25) is 0 Å². The Kier molecular flexibility index (Phi) is 4.83. The van der Waals surface area contributed by atoms with Gasteiger partial charge in [-0.2, -0.15) is 0 Å². The summed E-state index contributed by atoms with van der Waals surface area (Å²) in [5.41, 5.74) is 7.47. The Hall–Kier alpha value is 0.0600. The van der Waals surface area contributed by atoms with E-state index in [1.54, 1.807) is 11.3 Å². The number of nitrogens with two attached hydrogens (primary N) is 1. The number of likely N-dealkylation sites (N-methyl/N-ethyl adjacent to an activating group) is 1. The molecule has 1 aromatic rings. The van der Waals surface area contributed by atoms with E-state index in [1.165, 1.54) is 9.35 Å². The second-order valence-electron chi connectivity index (χ2n) is 5.03. The van der Waals surface area contributed by atoms with E-state index in [0.717, 1.165) is 26.0 Å². The Morgan fingerprint density at radius 1 is 1.61 bits per heavy atom. The third-order valence-corrected chi connectivity index (χ3v) is 5.40. The van der Waals surface area contributed by atoms with Crippen LogP contribution in [-0.2, 0) is 11.3 Å². The molecule has 1 fully saturated rings. The van der Waals surface area contributed by atoms with Crippen LogP contribution in [0.5, 0.6) is 0 Å². The summed E-state index contributed by atoms with van der Waals surface area (Å²) >= 11 is 5.24. The first-order chi connectivity index (χ1) is 8.59. The summed E-state index contributed by atoms with van der Waals surface area (Å²) in [7, 11) is 2.17. The maximum atomic E-state index is 5.98. The zero-order chi connectivity index (χ0) is 13.2. The van der Waals surface area contributed by atoms with Gasteiger partial charge >= 0.3 is 0 Å². The van der Waals surface area contributed by atoms with E-state index >= 15 is 0 Å². The van der Waals surface area contributed by atoms with Gasteiger partial charge < -0.3 is 10.5 Å². The molecule has 0 spiro atoms. The minimum absolute atomic E-state index is 0.133. The van der Waals surface area contributed by atoms with Gasteiger partial charge in [0, 0.05) is 25.2 Å². The van der Waals surface area contributed by atoms with E-state index in [9.17, 15) is 0 Å². The number of ether oxygens (including phenoxy) is 1. The highest BCUT2D eigenvalue weighted by molar-refractivity contribution is 9.11. The molecule has 0 bridgehead atoms. The number of thiophene rings is 1. The van der Waals surface area contributed by atoms with Gasteiger partial charge in [0.15, 0.2) is 0 Å². The maximum Gasteiger partial charge on any atom is 0.0701 e. The van der Waals surface area contributed by atoms with Crippen LogP contribution >= 0.6 is 27.3 Å². The summed E-state index contributed by atoms with van der Waals surface area (Å²) in [6, 6.07) is 2.18. The van der Waals surface area contributed by atoms with Gasteiger partial charge in [0.2, 0.25) is 0 Å². The lowest BCUT2D eigenvalue weighted by Gasteiger charge is -2.52.